The molecule has 2 aromatic rings. The van der Waals surface area contributed by atoms with Crippen LogP contribution in [0.4, 0.5) is 11.8 Å². The van der Waals surface area contributed by atoms with E-state index >= 15 is 0 Å². The van der Waals surface area contributed by atoms with Crippen molar-refractivity contribution in [2.75, 3.05) is 24.1 Å². The van der Waals surface area contributed by atoms with E-state index < -0.39 is 0 Å². The van der Waals surface area contributed by atoms with Crippen LogP contribution < -0.4 is 11.1 Å². The number of aromatic nitrogens is 3. The monoisotopic (exact) mass is 354 g/mol. The number of hydrogen-bond donors (Lipinski definition) is 2. The summed E-state index contributed by atoms with van der Waals surface area (Å²) in [5, 5.41) is 3.45. The van der Waals surface area contributed by atoms with Crippen LogP contribution >= 0.6 is 0 Å². The maximum absolute atomic E-state index is 13.0. The first kappa shape index (κ1) is 15.6. The first-order valence-corrected chi connectivity index (χ1v) is 9.33. The number of oxazole rings is 1. The average Bonchev–Trinajstić information content (AvgIpc) is 3.54. The molecule has 3 aliphatic rings. The Bertz CT molecular complexity index is 855. The van der Waals surface area contributed by atoms with Crippen molar-refractivity contribution in [1.29, 1.82) is 0 Å². The largest absolute Gasteiger partial charge is 0.447 e. The van der Waals surface area contributed by atoms with Gasteiger partial charge in [0.15, 0.2) is 12.1 Å². The van der Waals surface area contributed by atoms with E-state index in [0.29, 0.717) is 49.5 Å². The van der Waals surface area contributed by atoms with Crippen LogP contribution in [-0.2, 0) is 12.8 Å². The van der Waals surface area contributed by atoms with Crippen molar-refractivity contribution in [2.45, 2.75) is 50.5 Å². The van der Waals surface area contributed by atoms with E-state index in [1.54, 1.807) is 0 Å². The van der Waals surface area contributed by atoms with Crippen LogP contribution in [0.3, 0.4) is 0 Å². The summed E-state index contributed by atoms with van der Waals surface area (Å²) in [5.74, 6) is 2.19. The van der Waals surface area contributed by atoms with Crippen molar-refractivity contribution in [2.24, 2.45) is 0 Å². The maximum atomic E-state index is 13.0. The van der Waals surface area contributed by atoms with E-state index in [-0.39, 0.29) is 5.91 Å². The van der Waals surface area contributed by atoms with E-state index in [1.165, 1.54) is 19.2 Å². The molecule has 0 aromatic carbocycles. The molecule has 3 heterocycles. The third-order valence-electron chi connectivity index (χ3n) is 5.31. The lowest BCUT2D eigenvalue weighted by Gasteiger charge is -2.19. The maximum Gasteiger partial charge on any atom is 0.276 e. The minimum Gasteiger partial charge on any atom is -0.447 e. The van der Waals surface area contributed by atoms with Crippen molar-refractivity contribution >= 4 is 17.7 Å². The van der Waals surface area contributed by atoms with E-state index in [9.17, 15) is 4.79 Å². The van der Waals surface area contributed by atoms with Crippen LogP contribution in [0.5, 0.6) is 0 Å². The molecule has 3 N–H and O–H groups in total. The summed E-state index contributed by atoms with van der Waals surface area (Å²) in [6.07, 6.45) is 7.25. The van der Waals surface area contributed by atoms with Gasteiger partial charge in [-0.3, -0.25) is 4.79 Å². The Morgan fingerprint density at radius 3 is 2.77 bits per heavy atom. The van der Waals surface area contributed by atoms with Gasteiger partial charge in [-0.2, -0.15) is 4.98 Å². The molecule has 136 valence electrons. The van der Waals surface area contributed by atoms with Crippen LogP contribution in [0.15, 0.2) is 10.8 Å². The molecule has 2 fully saturated rings. The topological polar surface area (TPSA) is 110 Å². The minimum absolute atomic E-state index is 0.0499. The molecule has 0 saturated heterocycles. The van der Waals surface area contributed by atoms with Crippen LogP contribution in [0.25, 0.3) is 0 Å². The molecule has 2 aromatic heterocycles. The Kier molecular flexibility index (Phi) is 3.58. The molecule has 1 aliphatic heterocycles. The standard InChI is InChI=1S/C18H22N6O2/c19-18-22-13-6-8-24(7-5-12(13)16(23-18)21-11-3-4-11)17(25)14-15(10-1-2-10)26-9-20-14/h9-11H,1-8H2,(H3,19,21,22,23). The molecule has 26 heavy (non-hydrogen) atoms. The number of rotatable bonds is 4. The van der Waals surface area contributed by atoms with Gasteiger partial charge in [0.2, 0.25) is 5.95 Å². The molecule has 0 radical (unpaired) electrons. The summed E-state index contributed by atoms with van der Waals surface area (Å²) in [6, 6.07) is 0.491. The Hall–Kier alpha value is -2.64. The molecule has 0 bridgehead atoms. The summed E-state index contributed by atoms with van der Waals surface area (Å²) in [7, 11) is 0. The van der Waals surface area contributed by atoms with Crippen LogP contribution in [0, 0.1) is 0 Å². The molecule has 8 nitrogen and oxygen atoms in total. The lowest BCUT2D eigenvalue weighted by Crippen LogP contribution is -2.34. The van der Waals surface area contributed by atoms with Gasteiger partial charge in [0.05, 0.1) is 5.69 Å². The van der Waals surface area contributed by atoms with E-state index in [4.69, 9.17) is 10.2 Å². The highest BCUT2D eigenvalue weighted by Gasteiger charge is 2.34. The zero-order valence-electron chi connectivity index (χ0n) is 14.6. The number of nitrogens with zero attached hydrogens (tertiary/aromatic N) is 4. The van der Waals surface area contributed by atoms with Gasteiger partial charge < -0.3 is 20.4 Å². The number of amides is 1. The third-order valence-corrected chi connectivity index (χ3v) is 5.31. The highest BCUT2D eigenvalue weighted by molar-refractivity contribution is 5.93. The lowest BCUT2D eigenvalue weighted by molar-refractivity contribution is 0.0755. The number of carbonyl (C=O) groups is 1. The number of nitrogens with two attached hydrogens (primary N) is 1. The second-order valence-corrected chi connectivity index (χ2v) is 7.41. The van der Waals surface area contributed by atoms with E-state index in [1.807, 2.05) is 4.90 Å². The van der Waals surface area contributed by atoms with Gasteiger partial charge in [0, 0.05) is 37.0 Å². The van der Waals surface area contributed by atoms with Gasteiger partial charge in [-0.1, -0.05) is 0 Å². The third kappa shape index (κ3) is 2.89. The second kappa shape index (κ2) is 5.96. The summed E-state index contributed by atoms with van der Waals surface area (Å²) in [5.41, 5.74) is 8.40. The highest BCUT2D eigenvalue weighted by Crippen LogP contribution is 2.41. The van der Waals surface area contributed by atoms with E-state index in [0.717, 1.165) is 35.7 Å². The van der Waals surface area contributed by atoms with Crippen molar-refractivity contribution < 1.29 is 9.21 Å². The first-order chi connectivity index (χ1) is 12.7. The fraction of sp³-hybridized carbons (Fsp3) is 0.556. The summed E-state index contributed by atoms with van der Waals surface area (Å²) < 4.78 is 5.47. The molecule has 2 aliphatic carbocycles. The van der Waals surface area contributed by atoms with Gasteiger partial charge in [0.25, 0.3) is 5.91 Å². The number of anilines is 2. The predicted molar refractivity (Wildman–Crippen MR) is 94.9 cm³/mol. The van der Waals surface area contributed by atoms with Crippen LogP contribution in [0.1, 0.15) is 59.1 Å². The van der Waals surface area contributed by atoms with Gasteiger partial charge in [-0.25, -0.2) is 9.97 Å². The number of hydrogen-bond acceptors (Lipinski definition) is 7. The van der Waals surface area contributed by atoms with Crippen molar-refractivity contribution in [1.82, 2.24) is 19.9 Å². The zero-order chi connectivity index (χ0) is 17.7. The molecule has 1 amide bonds. The average molecular weight is 354 g/mol. The number of nitrogens with one attached hydrogen (secondary N) is 1. The molecule has 5 rings (SSSR count). The fourth-order valence-electron chi connectivity index (χ4n) is 3.56. The molecular formula is C18H22N6O2. The molecule has 0 atom stereocenters. The molecule has 2 saturated carbocycles. The first-order valence-electron chi connectivity index (χ1n) is 9.33. The quantitative estimate of drug-likeness (QED) is 0.860. The minimum atomic E-state index is -0.0499. The Balaban J connectivity index is 1.38. The Morgan fingerprint density at radius 1 is 1.19 bits per heavy atom. The van der Waals surface area contributed by atoms with Gasteiger partial charge in [0.1, 0.15) is 11.6 Å². The highest BCUT2D eigenvalue weighted by atomic mass is 16.3. The SMILES string of the molecule is Nc1nc2c(c(NC3CC3)n1)CCN(C(=O)c1ncoc1C1CC1)CC2. The predicted octanol–water partition coefficient (Wildman–Crippen LogP) is 1.74. The van der Waals surface area contributed by atoms with Crippen molar-refractivity contribution in [3.05, 3.63) is 29.1 Å². The molecule has 0 unspecified atom stereocenters. The smallest absolute Gasteiger partial charge is 0.276 e. The molecular weight excluding hydrogens is 332 g/mol. The number of fused-ring (bicyclic) bond motifs is 1. The Labute approximate surface area is 151 Å². The normalized spacial score (nSPS) is 19.8. The van der Waals surface area contributed by atoms with Crippen LogP contribution in [0.2, 0.25) is 0 Å². The molecule has 8 heteroatoms. The lowest BCUT2D eigenvalue weighted by atomic mass is 10.1. The van der Waals surface area contributed by atoms with Gasteiger partial charge in [-0.05, 0) is 32.1 Å². The van der Waals surface area contributed by atoms with Crippen molar-refractivity contribution in [3.63, 3.8) is 0 Å². The number of nitrogen functional groups attached to an aromatic ring is 1. The molecule has 0 spiro atoms. The summed E-state index contributed by atoms with van der Waals surface area (Å²) in [4.78, 5) is 27.9. The zero-order valence-corrected chi connectivity index (χ0v) is 14.6. The second-order valence-electron chi connectivity index (χ2n) is 7.41. The van der Waals surface area contributed by atoms with Gasteiger partial charge in [-0.15, -0.1) is 0 Å². The van der Waals surface area contributed by atoms with Gasteiger partial charge >= 0.3 is 0 Å². The van der Waals surface area contributed by atoms with E-state index in [2.05, 4.69) is 20.3 Å². The fourth-order valence-corrected chi connectivity index (χ4v) is 3.56. The van der Waals surface area contributed by atoms with Crippen LogP contribution in [-0.4, -0.2) is 44.9 Å². The van der Waals surface area contributed by atoms with Crippen molar-refractivity contribution in [3.8, 4) is 0 Å². The summed E-state index contributed by atoms with van der Waals surface area (Å²) in [6.45, 7) is 1.22. The summed E-state index contributed by atoms with van der Waals surface area (Å²) >= 11 is 0. The Morgan fingerprint density at radius 2 is 2.00 bits per heavy atom. The number of carbonyl (C=O) groups excluding carboxylic acids is 1.